The fourth-order valence-electron chi connectivity index (χ4n) is 3.99. The second-order valence-corrected chi connectivity index (χ2v) is 7.99. The third-order valence-electron chi connectivity index (χ3n) is 5.74. The van der Waals surface area contributed by atoms with E-state index in [0.717, 1.165) is 60.6 Å². The lowest BCUT2D eigenvalue weighted by molar-refractivity contribution is -0.118. The molecule has 0 atom stereocenters. The third kappa shape index (κ3) is 4.43. The molecule has 0 N–H and O–H groups in total. The van der Waals surface area contributed by atoms with Gasteiger partial charge in [0.1, 0.15) is 5.82 Å². The van der Waals surface area contributed by atoms with Crippen molar-refractivity contribution in [2.24, 2.45) is 0 Å². The molecule has 0 saturated carbocycles. The Labute approximate surface area is 179 Å². The molecule has 4 rings (SSSR count). The Bertz CT molecular complexity index is 1010. The average Bonchev–Trinajstić information content (AvgIpc) is 2.79. The van der Waals surface area contributed by atoms with Crippen LogP contribution in [0.15, 0.2) is 54.7 Å². The molecule has 0 amide bonds. The highest BCUT2D eigenvalue weighted by molar-refractivity contribution is 5.85. The lowest BCUT2D eigenvalue weighted by atomic mass is 10.0. The molecule has 154 valence electrons. The van der Waals surface area contributed by atoms with E-state index in [4.69, 9.17) is 9.97 Å². The van der Waals surface area contributed by atoms with Gasteiger partial charge in [-0.1, -0.05) is 68.8 Å². The number of nitrogens with zero attached hydrogens (tertiary/aromatic N) is 3. The first-order chi connectivity index (χ1) is 14.7. The van der Waals surface area contributed by atoms with Crippen LogP contribution in [0.4, 0.5) is 5.82 Å². The van der Waals surface area contributed by atoms with Gasteiger partial charge < -0.3 is 4.90 Å². The smallest absolute Gasteiger partial charge is 0.152 e. The molecule has 0 bridgehead atoms. The van der Waals surface area contributed by atoms with Gasteiger partial charge in [-0.15, -0.1) is 0 Å². The summed E-state index contributed by atoms with van der Waals surface area (Å²) in [5, 5.41) is 0. The number of aromatic nitrogens is 2. The number of rotatable bonds is 6. The molecule has 0 spiro atoms. The molecule has 1 aliphatic rings. The van der Waals surface area contributed by atoms with Gasteiger partial charge in [0.15, 0.2) is 5.78 Å². The predicted molar refractivity (Wildman–Crippen MR) is 123 cm³/mol. The lowest BCUT2D eigenvalue weighted by Gasteiger charge is -2.27. The van der Waals surface area contributed by atoms with Gasteiger partial charge in [-0.3, -0.25) is 9.78 Å². The number of hydrogen-bond acceptors (Lipinski definition) is 4. The molecule has 3 aromatic rings. The number of piperidine rings is 1. The van der Waals surface area contributed by atoms with E-state index in [0.29, 0.717) is 13.0 Å². The zero-order chi connectivity index (χ0) is 20.9. The van der Waals surface area contributed by atoms with E-state index in [2.05, 4.69) is 67.3 Å². The van der Waals surface area contributed by atoms with E-state index in [-0.39, 0.29) is 5.78 Å². The monoisotopic (exact) mass is 399 g/mol. The van der Waals surface area contributed by atoms with Crippen molar-refractivity contribution in [1.29, 1.82) is 0 Å². The van der Waals surface area contributed by atoms with Gasteiger partial charge in [0.25, 0.3) is 0 Å². The fourth-order valence-corrected chi connectivity index (χ4v) is 3.99. The van der Waals surface area contributed by atoms with Crippen LogP contribution in [0.5, 0.6) is 0 Å². The van der Waals surface area contributed by atoms with Crippen molar-refractivity contribution in [2.45, 2.75) is 46.0 Å². The number of hydrogen-bond donors (Lipinski definition) is 0. The molecular formula is C26H29N3O. The Morgan fingerprint density at radius 1 is 0.900 bits per heavy atom. The van der Waals surface area contributed by atoms with Crippen molar-refractivity contribution < 1.29 is 4.79 Å². The quantitative estimate of drug-likeness (QED) is 0.549. The second-order valence-electron chi connectivity index (χ2n) is 7.99. The summed E-state index contributed by atoms with van der Waals surface area (Å²) in [4.78, 5) is 23.8. The number of benzene rings is 2. The normalized spacial score (nSPS) is 14.2. The van der Waals surface area contributed by atoms with Crippen LogP contribution >= 0.6 is 0 Å². The lowest BCUT2D eigenvalue weighted by Crippen LogP contribution is -2.36. The van der Waals surface area contributed by atoms with Gasteiger partial charge in [0, 0.05) is 24.1 Å². The van der Waals surface area contributed by atoms with Crippen molar-refractivity contribution in [3.05, 3.63) is 65.9 Å². The predicted octanol–water partition coefficient (Wildman–Crippen LogP) is 5.49. The van der Waals surface area contributed by atoms with E-state index in [1.807, 2.05) is 6.20 Å². The SMILES string of the molecule is CCCc1ccc(-c2nc(N3CCCC(=O)C3)cnc2-c2ccc(CC)cc2)cc1. The maximum atomic E-state index is 12.0. The Kier molecular flexibility index (Phi) is 6.22. The van der Waals surface area contributed by atoms with Gasteiger partial charge in [-0.25, -0.2) is 4.98 Å². The zero-order valence-electron chi connectivity index (χ0n) is 17.9. The molecule has 1 saturated heterocycles. The standard InChI is InChI=1S/C26H29N3O/c1-3-6-20-10-14-22(15-11-20)26-25(21-12-8-19(4-2)9-13-21)27-17-24(28-26)29-16-5-7-23(30)18-29/h8-15,17H,3-7,16,18H2,1-2H3. The first-order valence-corrected chi connectivity index (χ1v) is 11.0. The van der Waals surface area contributed by atoms with E-state index >= 15 is 0 Å². The molecule has 4 nitrogen and oxygen atoms in total. The van der Waals surface area contributed by atoms with Crippen molar-refractivity contribution in [2.75, 3.05) is 18.0 Å². The largest absolute Gasteiger partial charge is 0.348 e. The van der Waals surface area contributed by atoms with E-state index < -0.39 is 0 Å². The van der Waals surface area contributed by atoms with Crippen molar-refractivity contribution in [3.63, 3.8) is 0 Å². The Balaban J connectivity index is 1.77. The minimum absolute atomic E-state index is 0.271. The summed E-state index contributed by atoms with van der Waals surface area (Å²) in [6, 6.07) is 17.2. The van der Waals surface area contributed by atoms with Gasteiger partial charge in [-0.05, 0) is 30.4 Å². The number of aryl methyl sites for hydroxylation is 2. The molecule has 1 aliphatic heterocycles. The Hall–Kier alpha value is -3.01. The summed E-state index contributed by atoms with van der Waals surface area (Å²) in [6.07, 6.45) is 6.58. The molecule has 0 unspecified atom stereocenters. The van der Waals surface area contributed by atoms with Gasteiger partial charge in [0.05, 0.1) is 24.1 Å². The number of ketones is 1. The van der Waals surface area contributed by atoms with E-state index in [9.17, 15) is 4.79 Å². The van der Waals surface area contributed by atoms with E-state index in [1.54, 1.807) is 0 Å². The van der Waals surface area contributed by atoms with Crippen LogP contribution in [-0.4, -0.2) is 28.8 Å². The van der Waals surface area contributed by atoms with Crippen LogP contribution in [-0.2, 0) is 17.6 Å². The minimum atomic E-state index is 0.271. The molecule has 1 fully saturated rings. The van der Waals surface area contributed by atoms with Crippen molar-refractivity contribution in [3.8, 4) is 22.5 Å². The van der Waals surface area contributed by atoms with Crippen molar-refractivity contribution >= 4 is 11.6 Å². The van der Waals surface area contributed by atoms with Gasteiger partial charge in [0.2, 0.25) is 0 Å². The molecule has 30 heavy (non-hydrogen) atoms. The summed E-state index contributed by atoms with van der Waals surface area (Å²) in [7, 11) is 0. The highest BCUT2D eigenvalue weighted by Crippen LogP contribution is 2.31. The first-order valence-electron chi connectivity index (χ1n) is 11.0. The number of carbonyl (C=O) groups excluding carboxylic acids is 1. The van der Waals surface area contributed by atoms with Crippen LogP contribution < -0.4 is 4.90 Å². The Morgan fingerprint density at radius 3 is 2.20 bits per heavy atom. The molecule has 4 heteroatoms. The molecule has 0 aliphatic carbocycles. The third-order valence-corrected chi connectivity index (χ3v) is 5.74. The minimum Gasteiger partial charge on any atom is -0.348 e. The molecular weight excluding hydrogens is 370 g/mol. The fraction of sp³-hybridized carbons (Fsp3) is 0.346. The summed E-state index contributed by atoms with van der Waals surface area (Å²) in [5.41, 5.74) is 6.52. The van der Waals surface area contributed by atoms with Crippen LogP contribution in [0, 0.1) is 0 Å². The summed E-state index contributed by atoms with van der Waals surface area (Å²) in [6.45, 7) is 5.63. The summed E-state index contributed by atoms with van der Waals surface area (Å²) in [5.74, 6) is 1.05. The van der Waals surface area contributed by atoms with Gasteiger partial charge in [-0.2, -0.15) is 0 Å². The molecule has 2 heterocycles. The maximum absolute atomic E-state index is 12.0. The highest BCUT2D eigenvalue weighted by atomic mass is 16.1. The summed E-state index contributed by atoms with van der Waals surface area (Å²) >= 11 is 0. The van der Waals surface area contributed by atoms with Crippen LogP contribution in [0.25, 0.3) is 22.5 Å². The van der Waals surface area contributed by atoms with Crippen LogP contribution in [0.2, 0.25) is 0 Å². The first kappa shape index (κ1) is 20.3. The number of carbonyl (C=O) groups is 1. The Morgan fingerprint density at radius 2 is 1.57 bits per heavy atom. The number of anilines is 1. The number of Topliss-reactive ketones (excluding diaryl/α,β-unsaturated/α-hetero) is 1. The molecule has 0 radical (unpaired) electrons. The second kappa shape index (κ2) is 9.21. The zero-order valence-corrected chi connectivity index (χ0v) is 17.9. The van der Waals surface area contributed by atoms with Crippen LogP contribution in [0.3, 0.4) is 0 Å². The van der Waals surface area contributed by atoms with E-state index in [1.165, 1.54) is 11.1 Å². The topological polar surface area (TPSA) is 46.1 Å². The maximum Gasteiger partial charge on any atom is 0.152 e. The van der Waals surface area contributed by atoms with Gasteiger partial charge >= 0.3 is 0 Å². The van der Waals surface area contributed by atoms with Crippen LogP contribution in [0.1, 0.15) is 44.2 Å². The van der Waals surface area contributed by atoms with Crippen molar-refractivity contribution in [1.82, 2.24) is 9.97 Å². The summed E-state index contributed by atoms with van der Waals surface area (Å²) < 4.78 is 0. The average molecular weight is 400 g/mol. The highest BCUT2D eigenvalue weighted by Gasteiger charge is 2.20. The molecule has 2 aromatic carbocycles. The molecule has 1 aromatic heterocycles.